The van der Waals surface area contributed by atoms with Crippen LogP contribution in [0, 0.1) is 11.3 Å². The minimum Gasteiger partial charge on any atom is -0.198 e. The minimum atomic E-state index is 0.653. The monoisotopic (exact) mass is 203 g/mol. The summed E-state index contributed by atoms with van der Waals surface area (Å²) in [7, 11) is 0. The van der Waals surface area contributed by atoms with Gasteiger partial charge < -0.3 is 0 Å². The summed E-state index contributed by atoms with van der Waals surface area (Å²) in [6, 6.07) is 12.4. The highest BCUT2D eigenvalue weighted by Crippen LogP contribution is 2.18. The lowest BCUT2D eigenvalue weighted by Crippen LogP contribution is -1.68. The van der Waals surface area contributed by atoms with Crippen LogP contribution in [0.3, 0.4) is 0 Å². The Kier molecular flexibility index (Phi) is 5.62. The first-order valence-electron chi connectivity index (χ1n) is 4.67. The van der Waals surface area contributed by atoms with Crippen LogP contribution in [0.15, 0.2) is 46.7 Å². The van der Waals surface area contributed by atoms with Gasteiger partial charge in [0.05, 0.1) is 6.07 Å². The Hall–Kier alpha value is -1.20. The first-order valence-corrected chi connectivity index (χ1v) is 5.55. The van der Waals surface area contributed by atoms with E-state index in [1.807, 2.05) is 18.2 Å². The van der Waals surface area contributed by atoms with Crippen molar-refractivity contribution in [3.05, 3.63) is 41.8 Å². The molecule has 0 radical (unpaired) electrons. The van der Waals surface area contributed by atoms with Crippen LogP contribution in [-0.4, -0.2) is 0 Å². The molecule has 0 aliphatic heterocycles. The Morgan fingerprint density at radius 2 is 2.07 bits per heavy atom. The number of nitriles is 1. The van der Waals surface area contributed by atoms with Gasteiger partial charge in [-0.1, -0.05) is 36.0 Å². The molecule has 1 nitrogen and oxygen atoms in total. The largest absolute Gasteiger partial charge is 0.198 e. The molecule has 0 bridgehead atoms. The average molecular weight is 203 g/mol. The highest BCUT2D eigenvalue weighted by atomic mass is 32.2. The molecule has 0 saturated carbocycles. The third kappa shape index (κ3) is 4.74. The lowest BCUT2D eigenvalue weighted by molar-refractivity contribution is 0.877. The fourth-order valence-electron chi connectivity index (χ4n) is 0.993. The number of rotatable bonds is 5. The van der Waals surface area contributed by atoms with Crippen molar-refractivity contribution in [2.75, 3.05) is 0 Å². The van der Waals surface area contributed by atoms with Gasteiger partial charge >= 0.3 is 0 Å². The first-order chi connectivity index (χ1) is 6.93. The molecule has 2 heteroatoms. The molecular weight excluding hydrogens is 190 g/mol. The molecule has 14 heavy (non-hydrogen) atoms. The standard InChI is InChI=1S/C12H13NS/c13-10-6-1-2-7-11-14-12-8-4-3-5-9-12/h3-5,7-9,11H,1-2,6H2/b11-7+. The van der Waals surface area contributed by atoms with Gasteiger partial charge in [0.25, 0.3) is 0 Å². The molecule has 0 atom stereocenters. The topological polar surface area (TPSA) is 23.8 Å². The maximum absolute atomic E-state index is 8.32. The normalized spacial score (nSPS) is 10.2. The van der Waals surface area contributed by atoms with Crippen molar-refractivity contribution in [1.29, 1.82) is 5.26 Å². The van der Waals surface area contributed by atoms with Crippen molar-refractivity contribution in [3.8, 4) is 6.07 Å². The van der Waals surface area contributed by atoms with E-state index < -0.39 is 0 Å². The summed E-state index contributed by atoms with van der Waals surface area (Å²) in [5.41, 5.74) is 0. The SMILES string of the molecule is N#CCCC/C=C/Sc1ccccc1. The predicted molar refractivity (Wildman–Crippen MR) is 60.9 cm³/mol. The van der Waals surface area contributed by atoms with Gasteiger partial charge in [0.2, 0.25) is 0 Å². The van der Waals surface area contributed by atoms with Crippen molar-refractivity contribution in [2.45, 2.75) is 24.2 Å². The van der Waals surface area contributed by atoms with Crippen molar-refractivity contribution < 1.29 is 0 Å². The van der Waals surface area contributed by atoms with Crippen LogP contribution >= 0.6 is 11.8 Å². The lowest BCUT2D eigenvalue weighted by atomic mass is 10.2. The summed E-state index contributed by atoms with van der Waals surface area (Å²) in [4.78, 5) is 1.25. The molecule has 0 aliphatic carbocycles. The van der Waals surface area contributed by atoms with E-state index in [1.54, 1.807) is 11.8 Å². The zero-order chi connectivity index (χ0) is 10.1. The number of nitrogens with zero attached hydrogens (tertiary/aromatic N) is 1. The molecular formula is C12H13NS. The Labute approximate surface area is 89.4 Å². The van der Waals surface area contributed by atoms with Crippen LogP contribution in [0.1, 0.15) is 19.3 Å². The van der Waals surface area contributed by atoms with Crippen molar-refractivity contribution in [1.82, 2.24) is 0 Å². The molecule has 0 spiro atoms. The van der Waals surface area contributed by atoms with Gasteiger partial charge in [0.15, 0.2) is 0 Å². The number of allylic oxidation sites excluding steroid dienone is 1. The Morgan fingerprint density at radius 3 is 2.79 bits per heavy atom. The molecule has 0 aliphatic rings. The molecule has 72 valence electrons. The van der Waals surface area contributed by atoms with E-state index in [9.17, 15) is 0 Å². The Morgan fingerprint density at radius 1 is 1.29 bits per heavy atom. The van der Waals surface area contributed by atoms with Gasteiger partial charge in [-0.3, -0.25) is 0 Å². The number of hydrogen-bond acceptors (Lipinski definition) is 2. The lowest BCUT2D eigenvalue weighted by Gasteiger charge is -1.93. The summed E-state index contributed by atoms with van der Waals surface area (Å²) in [5, 5.41) is 10.4. The van der Waals surface area contributed by atoms with E-state index in [4.69, 9.17) is 5.26 Å². The van der Waals surface area contributed by atoms with Crippen LogP contribution in [0.25, 0.3) is 0 Å². The molecule has 0 unspecified atom stereocenters. The molecule has 0 heterocycles. The molecule has 0 N–H and O–H groups in total. The van der Waals surface area contributed by atoms with Crippen molar-refractivity contribution in [3.63, 3.8) is 0 Å². The fourth-order valence-corrected chi connectivity index (χ4v) is 1.70. The van der Waals surface area contributed by atoms with E-state index in [0.29, 0.717) is 6.42 Å². The summed E-state index contributed by atoms with van der Waals surface area (Å²) < 4.78 is 0. The second-order valence-corrected chi connectivity index (χ2v) is 3.83. The summed E-state index contributed by atoms with van der Waals surface area (Å²) >= 11 is 1.71. The van der Waals surface area contributed by atoms with Gasteiger partial charge in [-0.05, 0) is 30.4 Å². The zero-order valence-electron chi connectivity index (χ0n) is 8.02. The summed E-state index contributed by atoms with van der Waals surface area (Å²) in [6.45, 7) is 0. The van der Waals surface area contributed by atoms with Crippen LogP contribution in [0.4, 0.5) is 0 Å². The summed E-state index contributed by atoms with van der Waals surface area (Å²) in [5.74, 6) is 0. The number of hydrogen-bond donors (Lipinski definition) is 0. The Balaban J connectivity index is 2.18. The second kappa shape index (κ2) is 7.23. The molecule has 1 rings (SSSR count). The van der Waals surface area contributed by atoms with E-state index >= 15 is 0 Å². The van der Waals surface area contributed by atoms with Crippen LogP contribution in [0.2, 0.25) is 0 Å². The number of benzene rings is 1. The average Bonchev–Trinajstić information content (AvgIpc) is 2.25. The van der Waals surface area contributed by atoms with Crippen LogP contribution in [-0.2, 0) is 0 Å². The van der Waals surface area contributed by atoms with Gasteiger partial charge in [-0.15, -0.1) is 0 Å². The highest BCUT2D eigenvalue weighted by molar-refractivity contribution is 8.02. The molecule has 1 aromatic carbocycles. The van der Waals surface area contributed by atoms with E-state index in [0.717, 1.165) is 12.8 Å². The molecule has 0 saturated heterocycles. The third-order valence-corrected chi connectivity index (χ3v) is 2.58. The van der Waals surface area contributed by atoms with E-state index in [1.165, 1.54) is 4.90 Å². The van der Waals surface area contributed by atoms with Gasteiger partial charge in [-0.25, -0.2) is 0 Å². The first kappa shape index (κ1) is 10.9. The highest BCUT2D eigenvalue weighted by Gasteiger charge is 1.86. The fraction of sp³-hybridized carbons (Fsp3) is 0.250. The van der Waals surface area contributed by atoms with E-state index in [-0.39, 0.29) is 0 Å². The van der Waals surface area contributed by atoms with Gasteiger partial charge in [0.1, 0.15) is 0 Å². The van der Waals surface area contributed by atoms with Crippen molar-refractivity contribution >= 4 is 11.8 Å². The molecule has 0 amide bonds. The summed E-state index contributed by atoms with van der Waals surface area (Å²) in [6.07, 6.45) is 4.73. The molecule has 1 aromatic rings. The maximum Gasteiger partial charge on any atom is 0.0621 e. The second-order valence-electron chi connectivity index (χ2n) is 2.85. The van der Waals surface area contributed by atoms with Crippen molar-refractivity contribution in [2.24, 2.45) is 0 Å². The number of unbranched alkanes of at least 4 members (excludes halogenated alkanes) is 2. The third-order valence-electron chi connectivity index (χ3n) is 1.70. The molecule has 0 aromatic heterocycles. The quantitative estimate of drug-likeness (QED) is 0.533. The van der Waals surface area contributed by atoms with Crippen LogP contribution < -0.4 is 0 Å². The van der Waals surface area contributed by atoms with Gasteiger partial charge in [0, 0.05) is 11.3 Å². The van der Waals surface area contributed by atoms with Crippen LogP contribution in [0.5, 0.6) is 0 Å². The Bertz CT molecular complexity index is 311. The maximum atomic E-state index is 8.32. The molecule has 0 fully saturated rings. The van der Waals surface area contributed by atoms with Gasteiger partial charge in [-0.2, -0.15) is 5.26 Å². The smallest absolute Gasteiger partial charge is 0.0621 e. The number of thioether (sulfide) groups is 1. The zero-order valence-corrected chi connectivity index (χ0v) is 8.83. The minimum absolute atomic E-state index is 0.653. The predicted octanol–water partition coefficient (Wildman–Crippen LogP) is 3.99. The van der Waals surface area contributed by atoms with E-state index in [2.05, 4.69) is 29.7 Å².